The molecule has 0 amide bonds. The lowest BCUT2D eigenvalue weighted by Gasteiger charge is -2.32. The van der Waals surface area contributed by atoms with Crippen LogP contribution in [0.4, 0.5) is 5.82 Å². The van der Waals surface area contributed by atoms with Crippen molar-refractivity contribution in [3.8, 4) is 0 Å². The predicted octanol–water partition coefficient (Wildman–Crippen LogP) is 0.0795. The molecule has 2 aliphatic heterocycles. The molecular formula is C15H22N4O4. The number of carboxylic acid groups (broad SMARTS) is 1. The normalized spacial score (nSPS) is 23.0. The number of aryl methyl sites for hydroxylation is 1. The van der Waals surface area contributed by atoms with Gasteiger partial charge >= 0.3 is 5.97 Å². The standard InChI is InChI=1S/C15H22N4O4/c1-11-16-12(8-14(17-11)19-3-5-22-6-4-19)13-9-18(2-7-23-13)10-15(20)21/h8,13H,2-7,9-10H2,1H3,(H,20,21). The molecule has 1 atom stereocenters. The summed E-state index contributed by atoms with van der Waals surface area (Å²) >= 11 is 0. The van der Waals surface area contributed by atoms with Gasteiger partial charge in [-0.05, 0) is 6.92 Å². The number of carboxylic acids is 1. The average molecular weight is 322 g/mol. The number of hydrogen-bond acceptors (Lipinski definition) is 7. The van der Waals surface area contributed by atoms with Gasteiger partial charge in [-0.1, -0.05) is 0 Å². The molecule has 8 nitrogen and oxygen atoms in total. The number of carbonyl (C=O) groups is 1. The van der Waals surface area contributed by atoms with Crippen molar-refractivity contribution in [3.63, 3.8) is 0 Å². The second kappa shape index (κ2) is 7.20. The van der Waals surface area contributed by atoms with Gasteiger partial charge in [-0.15, -0.1) is 0 Å². The molecule has 0 saturated carbocycles. The Balaban J connectivity index is 1.76. The highest BCUT2D eigenvalue weighted by Gasteiger charge is 2.26. The van der Waals surface area contributed by atoms with E-state index in [4.69, 9.17) is 14.6 Å². The zero-order valence-corrected chi connectivity index (χ0v) is 13.3. The van der Waals surface area contributed by atoms with Crippen LogP contribution in [0.3, 0.4) is 0 Å². The molecule has 0 aromatic carbocycles. The molecule has 1 unspecified atom stereocenters. The van der Waals surface area contributed by atoms with Crippen LogP contribution in [0.25, 0.3) is 0 Å². The maximum atomic E-state index is 10.9. The first-order valence-corrected chi connectivity index (χ1v) is 7.86. The summed E-state index contributed by atoms with van der Waals surface area (Å²) in [4.78, 5) is 24.0. The van der Waals surface area contributed by atoms with Crippen molar-refractivity contribution in [1.29, 1.82) is 0 Å². The van der Waals surface area contributed by atoms with E-state index in [9.17, 15) is 4.79 Å². The van der Waals surface area contributed by atoms with Gasteiger partial charge in [0.05, 0.1) is 32.1 Å². The summed E-state index contributed by atoms with van der Waals surface area (Å²) in [5.41, 5.74) is 0.814. The van der Waals surface area contributed by atoms with E-state index in [0.717, 1.165) is 24.6 Å². The van der Waals surface area contributed by atoms with Gasteiger partial charge in [0, 0.05) is 32.2 Å². The number of rotatable bonds is 4. The number of aliphatic carboxylic acids is 1. The molecule has 1 aromatic rings. The topological polar surface area (TPSA) is 88.0 Å². The second-order valence-electron chi connectivity index (χ2n) is 5.79. The fourth-order valence-electron chi connectivity index (χ4n) is 2.91. The predicted molar refractivity (Wildman–Crippen MR) is 82.6 cm³/mol. The maximum absolute atomic E-state index is 10.9. The molecule has 0 bridgehead atoms. The van der Waals surface area contributed by atoms with Crippen molar-refractivity contribution in [2.45, 2.75) is 13.0 Å². The Bertz CT molecular complexity index is 562. The maximum Gasteiger partial charge on any atom is 0.317 e. The molecule has 2 fully saturated rings. The lowest BCUT2D eigenvalue weighted by atomic mass is 10.2. The average Bonchev–Trinajstić information content (AvgIpc) is 2.55. The minimum atomic E-state index is -0.821. The van der Waals surface area contributed by atoms with E-state index >= 15 is 0 Å². The SMILES string of the molecule is Cc1nc(C2CN(CC(=O)O)CCO2)cc(N2CCOCC2)n1. The van der Waals surface area contributed by atoms with Gasteiger partial charge in [0.2, 0.25) is 0 Å². The van der Waals surface area contributed by atoms with Crippen molar-refractivity contribution < 1.29 is 19.4 Å². The van der Waals surface area contributed by atoms with Gasteiger partial charge < -0.3 is 19.5 Å². The van der Waals surface area contributed by atoms with Crippen LogP contribution in [0, 0.1) is 6.92 Å². The minimum absolute atomic E-state index is 0.0280. The molecule has 8 heteroatoms. The smallest absolute Gasteiger partial charge is 0.317 e. The largest absolute Gasteiger partial charge is 0.480 e. The summed E-state index contributed by atoms with van der Waals surface area (Å²) < 4.78 is 11.2. The lowest BCUT2D eigenvalue weighted by Crippen LogP contribution is -2.41. The first-order valence-electron chi connectivity index (χ1n) is 7.86. The van der Waals surface area contributed by atoms with Crippen LogP contribution >= 0.6 is 0 Å². The summed E-state index contributed by atoms with van der Waals surface area (Å²) in [6.45, 7) is 6.59. The zero-order valence-electron chi connectivity index (χ0n) is 13.3. The highest BCUT2D eigenvalue weighted by atomic mass is 16.5. The number of hydrogen-bond donors (Lipinski definition) is 1. The summed E-state index contributed by atoms with van der Waals surface area (Å²) in [6, 6.07) is 1.95. The molecule has 3 rings (SSSR count). The zero-order chi connectivity index (χ0) is 16.2. The van der Waals surface area contributed by atoms with Gasteiger partial charge in [-0.25, -0.2) is 9.97 Å². The van der Waals surface area contributed by atoms with Crippen LogP contribution in [0.2, 0.25) is 0 Å². The third-order valence-electron chi connectivity index (χ3n) is 4.02. The molecule has 126 valence electrons. The number of anilines is 1. The van der Waals surface area contributed by atoms with E-state index in [1.807, 2.05) is 17.9 Å². The highest BCUT2D eigenvalue weighted by Crippen LogP contribution is 2.24. The summed E-state index contributed by atoms with van der Waals surface area (Å²) in [6.07, 6.45) is -0.218. The van der Waals surface area contributed by atoms with E-state index in [1.165, 1.54) is 0 Å². The summed E-state index contributed by atoms with van der Waals surface area (Å²) in [7, 11) is 0. The van der Waals surface area contributed by atoms with Crippen LogP contribution in [0.1, 0.15) is 17.6 Å². The summed E-state index contributed by atoms with van der Waals surface area (Å²) in [5, 5.41) is 8.95. The molecule has 3 heterocycles. The van der Waals surface area contributed by atoms with Gasteiger partial charge in [-0.3, -0.25) is 9.69 Å². The Morgan fingerprint density at radius 3 is 2.83 bits per heavy atom. The number of nitrogens with zero attached hydrogens (tertiary/aromatic N) is 4. The molecule has 0 radical (unpaired) electrons. The molecule has 0 spiro atoms. The Labute approximate surface area is 135 Å². The fraction of sp³-hybridized carbons (Fsp3) is 0.667. The third kappa shape index (κ3) is 4.15. The monoisotopic (exact) mass is 322 g/mol. The van der Waals surface area contributed by atoms with Crippen molar-refractivity contribution in [2.24, 2.45) is 0 Å². The number of morpholine rings is 2. The molecule has 0 aliphatic carbocycles. The quantitative estimate of drug-likeness (QED) is 0.834. The molecule has 2 saturated heterocycles. The molecular weight excluding hydrogens is 300 g/mol. The van der Waals surface area contributed by atoms with Gasteiger partial charge in [0.15, 0.2) is 0 Å². The van der Waals surface area contributed by atoms with Crippen LogP contribution in [-0.4, -0.2) is 78.5 Å². The number of aromatic nitrogens is 2. The lowest BCUT2D eigenvalue weighted by molar-refractivity contribution is -0.140. The first kappa shape index (κ1) is 16.1. The van der Waals surface area contributed by atoms with Gasteiger partial charge in [0.1, 0.15) is 17.7 Å². The van der Waals surface area contributed by atoms with Crippen LogP contribution in [0.15, 0.2) is 6.07 Å². The van der Waals surface area contributed by atoms with Crippen molar-refractivity contribution in [3.05, 3.63) is 17.6 Å². The summed E-state index contributed by atoms with van der Waals surface area (Å²) in [5.74, 6) is 0.760. The van der Waals surface area contributed by atoms with Crippen LogP contribution in [0.5, 0.6) is 0 Å². The third-order valence-corrected chi connectivity index (χ3v) is 4.02. The highest BCUT2D eigenvalue weighted by molar-refractivity contribution is 5.69. The number of ether oxygens (including phenoxy) is 2. The minimum Gasteiger partial charge on any atom is -0.480 e. The molecule has 23 heavy (non-hydrogen) atoms. The van der Waals surface area contributed by atoms with Crippen molar-refractivity contribution in [2.75, 3.05) is 57.4 Å². The van der Waals surface area contributed by atoms with Crippen LogP contribution < -0.4 is 4.90 Å². The Kier molecular flexibility index (Phi) is 5.04. The Hall–Kier alpha value is -1.77. The molecule has 2 aliphatic rings. The van der Waals surface area contributed by atoms with Gasteiger partial charge in [0.25, 0.3) is 0 Å². The van der Waals surface area contributed by atoms with E-state index in [1.54, 1.807) is 0 Å². The molecule has 1 aromatic heterocycles. The fourth-order valence-corrected chi connectivity index (χ4v) is 2.91. The first-order chi connectivity index (χ1) is 11.1. The van der Waals surface area contributed by atoms with Gasteiger partial charge in [-0.2, -0.15) is 0 Å². The van der Waals surface area contributed by atoms with E-state index in [2.05, 4.69) is 14.9 Å². The second-order valence-corrected chi connectivity index (χ2v) is 5.79. The Morgan fingerprint density at radius 1 is 1.30 bits per heavy atom. The van der Waals surface area contributed by atoms with E-state index in [0.29, 0.717) is 38.7 Å². The van der Waals surface area contributed by atoms with Crippen LogP contribution in [-0.2, 0) is 14.3 Å². The van der Waals surface area contributed by atoms with E-state index < -0.39 is 5.97 Å². The van der Waals surface area contributed by atoms with Crippen molar-refractivity contribution >= 4 is 11.8 Å². The van der Waals surface area contributed by atoms with E-state index in [-0.39, 0.29) is 12.6 Å². The van der Waals surface area contributed by atoms with Crippen molar-refractivity contribution in [1.82, 2.24) is 14.9 Å². The molecule has 1 N–H and O–H groups in total. The Morgan fingerprint density at radius 2 is 2.09 bits per heavy atom.